The SMILES string of the molecule is O=C(c1ccc(NS(=O)(=O)c2cccc3nonc23)cc1)N1CCCC1. The summed E-state index contributed by atoms with van der Waals surface area (Å²) in [6.45, 7) is 1.53. The maximum absolute atomic E-state index is 12.6. The van der Waals surface area contributed by atoms with Crippen LogP contribution in [0.5, 0.6) is 0 Å². The van der Waals surface area contributed by atoms with Crippen LogP contribution in [-0.4, -0.2) is 42.6 Å². The Bertz CT molecular complexity index is 1050. The molecule has 0 unspecified atom stereocenters. The van der Waals surface area contributed by atoms with Crippen LogP contribution in [0.3, 0.4) is 0 Å². The Morgan fingerprint density at radius 3 is 2.50 bits per heavy atom. The zero-order valence-electron chi connectivity index (χ0n) is 13.8. The predicted molar refractivity (Wildman–Crippen MR) is 94.2 cm³/mol. The molecule has 2 heterocycles. The van der Waals surface area contributed by atoms with Crippen LogP contribution in [0.2, 0.25) is 0 Å². The van der Waals surface area contributed by atoms with Crippen LogP contribution >= 0.6 is 0 Å². The summed E-state index contributed by atoms with van der Waals surface area (Å²) in [4.78, 5) is 14.1. The normalized spacial score (nSPS) is 14.7. The van der Waals surface area contributed by atoms with Crippen LogP contribution in [0.15, 0.2) is 52.0 Å². The molecule has 8 nitrogen and oxygen atoms in total. The van der Waals surface area contributed by atoms with Crippen LogP contribution in [-0.2, 0) is 10.0 Å². The van der Waals surface area contributed by atoms with Crippen molar-refractivity contribution in [2.75, 3.05) is 17.8 Å². The first kappa shape index (κ1) is 16.5. The van der Waals surface area contributed by atoms with Crippen LogP contribution in [0.4, 0.5) is 5.69 Å². The molecule has 0 aliphatic carbocycles. The van der Waals surface area contributed by atoms with E-state index in [1.54, 1.807) is 41.3 Å². The lowest BCUT2D eigenvalue weighted by atomic mass is 10.2. The number of carbonyl (C=O) groups excluding carboxylic acids is 1. The first-order valence-electron chi connectivity index (χ1n) is 8.18. The number of aromatic nitrogens is 2. The molecule has 1 aromatic heterocycles. The van der Waals surface area contributed by atoms with Gasteiger partial charge in [0, 0.05) is 24.3 Å². The number of rotatable bonds is 4. The highest BCUT2D eigenvalue weighted by Crippen LogP contribution is 2.23. The molecule has 0 spiro atoms. The third-order valence-electron chi connectivity index (χ3n) is 4.32. The van der Waals surface area contributed by atoms with Crippen LogP contribution in [0.25, 0.3) is 11.0 Å². The zero-order chi connectivity index (χ0) is 18.1. The summed E-state index contributed by atoms with van der Waals surface area (Å²) in [6.07, 6.45) is 2.04. The van der Waals surface area contributed by atoms with E-state index in [0.717, 1.165) is 25.9 Å². The Kier molecular flexibility index (Phi) is 4.08. The Morgan fingerprint density at radius 1 is 1.04 bits per heavy atom. The fourth-order valence-corrected chi connectivity index (χ4v) is 4.20. The summed E-state index contributed by atoms with van der Waals surface area (Å²) in [6, 6.07) is 11.0. The molecule has 4 rings (SSSR count). The molecule has 1 saturated heterocycles. The summed E-state index contributed by atoms with van der Waals surface area (Å²) < 4.78 is 32.4. The smallest absolute Gasteiger partial charge is 0.264 e. The molecule has 1 amide bonds. The van der Waals surface area contributed by atoms with Crippen molar-refractivity contribution in [1.29, 1.82) is 0 Å². The van der Waals surface area contributed by atoms with E-state index in [4.69, 9.17) is 0 Å². The van der Waals surface area contributed by atoms with Crippen molar-refractivity contribution in [3.05, 3.63) is 48.0 Å². The van der Waals surface area contributed by atoms with Crippen LogP contribution in [0, 0.1) is 0 Å². The molecule has 134 valence electrons. The van der Waals surface area contributed by atoms with Crippen LogP contribution in [0.1, 0.15) is 23.2 Å². The first-order chi connectivity index (χ1) is 12.5. The van der Waals surface area contributed by atoms with Gasteiger partial charge in [-0.3, -0.25) is 9.52 Å². The number of likely N-dealkylation sites (tertiary alicyclic amines) is 1. The molecule has 1 aliphatic heterocycles. The summed E-state index contributed by atoms with van der Waals surface area (Å²) in [5.74, 6) is -0.0321. The van der Waals surface area contributed by atoms with Gasteiger partial charge in [0.05, 0.1) is 0 Å². The number of anilines is 1. The highest BCUT2D eigenvalue weighted by Gasteiger charge is 2.22. The Labute approximate surface area is 149 Å². The van der Waals surface area contributed by atoms with E-state index in [1.807, 2.05) is 0 Å². The molecule has 1 aliphatic rings. The van der Waals surface area contributed by atoms with Crippen molar-refractivity contribution >= 4 is 32.7 Å². The summed E-state index contributed by atoms with van der Waals surface area (Å²) in [5, 5.41) is 7.30. The summed E-state index contributed by atoms with van der Waals surface area (Å²) in [7, 11) is -3.87. The summed E-state index contributed by atoms with van der Waals surface area (Å²) in [5.41, 5.74) is 1.43. The second-order valence-corrected chi connectivity index (χ2v) is 7.72. The van der Waals surface area contributed by atoms with Gasteiger partial charge in [-0.15, -0.1) is 0 Å². The molecule has 0 saturated carbocycles. The maximum Gasteiger partial charge on any atom is 0.264 e. The minimum Gasteiger partial charge on any atom is -0.339 e. The quantitative estimate of drug-likeness (QED) is 0.753. The van der Waals surface area contributed by atoms with Crippen molar-refractivity contribution in [1.82, 2.24) is 15.2 Å². The fourth-order valence-electron chi connectivity index (χ4n) is 2.99. The number of fused-ring (bicyclic) bond motifs is 1. The molecule has 2 aromatic carbocycles. The van der Waals surface area contributed by atoms with Gasteiger partial charge in [-0.25, -0.2) is 13.0 Å². The lowest BCUT2D eigenvalue weighted by Gasteiger charge is -2.15. The molecule has 3 aromatic rings. The number of carbonyl (C=O) groups is 1. The fraction of sp³-hybridized carbons (Fsp3) is 0.235. The number of amides is 1. The van der Waals surface area contributed by atoms with E-state index in [2.05, 4.69) is 19.7 Å². The van der Waals surface area contributed by atoms with Gasteiger partial charge < -0.3 is 4.90 Å². The third kappa shape index (κ3) is 3.01. The Balaban J connectivity index is 1.57. The Hall–Kier alpha value is -2.94. The molecule has 9 heteroatoms. The van der Waals surface area contributed by atoms with Crippen molar-refractivity contribution in [3.63, 3.8) is 0 Å². The molecular formula is C17H16N4O4S. The van der Waals surface area contributed by atoms with Gasteiger partial charge in [-0.2, -0.15) is 0 Å². The highest BCUT2D eigenvalue weighted by atomic mass is 32.2. The molecule has 0 bridgehead atoms. The predicted octanol–water partition coefficient (Wildman–Crippen LogP) is 2.26. The topological polar surface area (TPSA) is 105 Å². The number of benzene rings is 2. The largest absolute Gasteiger partial charge is 0.339 e. The van der Waals surface area contributed by atoms with Gasteiger partial charge in [-0.05, 0) is 59.6 Å². The summed E-state index contributed by atoms with van der Waals surface area (Å²) >= 11 is 0. The minimum absolute atomic E-state index is 0.0199. The van der Waals surface area contributed by atoms with E-state index >= 15 is 0 Å². The lowest BCUT2D eigenvalue weighted by molar-refractivity contribution is 0.0793. The first-order valence-corrected chi connectivity index (χ1v) is 9.66. The van der Waals surface area contributed by atoms with Gasteiger partial charge in [-0.1, -0.05) is 6.07 Å². The Morgan fingerprint density at radius 2 is 1.77 bits per heavy atom. The van der Waals surface area contributed by atoms with Gasteiger partial charge in [0.2, 0.25) is 0 Å². The van der Waals surface area contributed by atoms with E-state index in [0.29, 0.717) is 16.8 Å². The average molecular weight is 372 g/mol. The molecular weight excluding hydrogens is 356 g/mol. The lowest BCUT2D eigenvalue weighted by Crippen LogP contribution is -2.27. The minimum atomic E-state index is -3.87. The van der Waals surface area contributed by atoms with Crippen molar-refractivity contribution < 1.29 is 17.8 Å². The van der Waals surface area contributed by atoms with Crippen molar-refractivity contribution in [2.45, 2.75) is 17.7 Å². The van der Waals surface area contributed by atoms with Gasteiger partial charge >= 0.3 is 0 Å². The second-order valence-electron chi connectivity index (χ2n) is 6.07. The van der Waals surface area contributed by atoms with Crippen LogP contribution < -0.4 is 4.72 Å². The van der Waals surface area contributed by atoms with E-state index < -0.39 is 10.0 Å². The van der Waals surface area contributed by atoms with E-state index in [9.17, 15) is 13.2 Å². The van der Waals surface area contributed by atoms with Gasteiger partial charge in [0.15, 0.2) is 5.52 Å². The highest BCUT2D eigenvalue weighted by molar-refractivity contribution is 7.93. The average Bonchev–Trinajstić information content (AvgIpc) is 3.32. The number of hydrogen-bond acceptors (Lipinski definition) is 6. The number of hydrogen-bond donors (Lipinski definition) is 1. The molecule has 1 N–H and O–H groups in total. The third-order valence-corrected chi connectivity index (χ3v) is 5.73. The second kappa shape index (κ2) is 6.41. The molecule has 0 radical (unpaired) electrons. The van der Waals surface area contributed by atoms with Crippen molar-refractivity contribution in [2.24, 2.45) is 0 Å². The molecule has 0 atom stereocenters. The van der Waals surface area contributed by atoms with E-state index in [-0.39, 0.29) is 16.3 Å². The number of sulfonamides is 1. The van der Waals surface area contributed by atoms with E-state index in [1.165, 1.54) is 6.07 Å². The zero-order valence-corrected chi connectivity index (χ0v) is 14.6. The monoisotopic (exact) mass is 372 g/mol. The molecule has 26 heavy (non-hydrogen) atoms. The van der Waals surface area contributed by atoms with Crippen molar-refractivity contribution in [3.8, 4) is 0 Å². The van der Waals surface area contributed by atoms with Gasteiger partial charge in [0.25, 0.3) is 15.9 Å². The molecule has 1 fully saturated rings. The number of nitrogens with zero attached hydrogens (tertiary/aromatic N) is 3. The van der Waals surface area contributed by atoms with Gasteiger partial charge in [0.1, 0.15) is 10.4 Å². The standard InChI is InChI=1S/C17H16N4O4S/c22-17(21-10-1-2-11-21)12-6-8-13(9-7-12)20-26(23,24)15-5-3-4-14-16(15)19-25-18-14/h3-9,20H,1-2,10-11H2. The number of nitrogens with one attached hydrogen (secondary N) is 1. The maximum atomic E-state index is 12.6.